The third kappa shape index (κ3) is 6.43. The molecule has 0 aromatic rings. The van der Waals surface area contributed by atoms with Gasteiger partial charge in [0.05, 0.1) is 0 Å². The molecule has 0 unspecified atom stereocenters. The number of carbonyl (C=O) groups excluding carboxylic acids is 2. The fourth-order valence-electron chi connectivity index (χ4n) is 3.53. The maximum absolute atomic E-state index is 11.4. The summed E-state index contributed by atoms with van der Waals surface area (Å²) in [6.07, 6.45) is 11.2. The first kappa shape index (κ1) is 19.8. The summed E-state index contributed by atoms with van der Waals surface area (Å²) in [6.45, 7) is 2.98. The Balaban J connectivity index is 2.25. The van der Waals surface area contributed by atoms with Crippen LogP contribution in [0.15, 0.2) is 12.2 Å². The van der Waals surface area contributed by atoms with Gasteiger partial charge in [0.15, 0.2) is 0 Å². The van der Waals surface area contributed by atoms with E-state index in [2.05, 4.69) is 6.92 Å². The van der Waals surface area contributed by atoms with Crippen molar-refractivity contribution in [2.24, 2.45) is 5.41 Å². The average Bonchev–Trinajstić information content (AvgIpc) is 2.83. The third-order valence-electron chi connectivity index (χ3n) is 4.80. The summed E-state index contributed by atoms with van der Waals surface area (Å²) in [5.74, 6) is -0.411. The van der Waals surface area contributed by atoms with Gasteiger partial charge in [0.25, 0.3) is 11.8 Å². The quantitative estimate of drug-likeness (QED) is 0.403. The van der Waals surface area contributed by atoms with Gasteiger partial charge in [-0.15, -0.1) is 0 Å². The lowest BCUT2D eigenvalue weighted by molar-refractivity contribution is -0.136. The summed E-state index contributed by atoms with van der Waals surface area (Å²) in [7, 11) is 0. The van der Waals surface area contributed by atoms with Crippen LogP contribution in [0.5, 0.6) is 0 Å². The minimum Gasteiger partial charge on any atom is -0.396 e. The molecule has 0 aromatic heterocycles. The van der Waals surface area contributed by atoms with Crippen LogP contribution in [0.3, 0.4) is 0 Å². The van der Waals surface area contributed by atoms with E-state index in [9.17, 15) is 19.8 Å². The second-order valence-corrected chi connectivity index (χ2v) is 6.52. The van der Waals surface area contributed by atoms with Crippen molar-refractivity contribution < 1.29 is 19.8 Å². The van der Waals surface area contributed by atoms with Gasteiger partial charge < -0.3 is 10.2 Å². The number of rotatable bonds is 13. The maximum atomic E-state index is 11.4. The van der Waals surface area contributed by atoms with Crippen LogP contribution in [0, 0.1) is 5.41 Å². The monoisotopic (exact) mass is 325 g/mol. The highest BCUT2D eigenvalue weighted by atomic mass is 16.3. The Morgan fingerprint density at radius 2 is 1.43 bits per heavy atom. The van der Waals surface area contributed by atoms with Gasteiger partial charge in [-0.3, -0.25) is 14.5 Å². The number of nitrogens with zero attached hydrogens (tertiary/aromatic N) is 1. The number of amides is 2. The Morgan fingerprint density at radius 3 is 1.96 bits per heavy atom. The predicted molar refractivity (Wildman–Crippen MR) is 89.7 cm³/mol. The van der Waals surface area contributed by atoms with E-state index in [0.717, 1.165) is 57.8 Å². The second-order valence-electron chi connectivity index (χ2n) is 6.52. The van der Waals surface area contributed by atoms with Gasteiger partial charge in [-0.25, -0.2) is 0 Å². The maximum Gasteiger partial charge on any atom is 0.253 e. The minimum absolute atomic E-state index is 0.0586. The summed E-state index contributed by atoms with van der Waals surface area (Å²) < 4.78 is 0. The van der Waals surface area contributed by atoms with Crippen LogP contribution in [-0.2, 0) is 9.59 Å². The molecule has 5 heteroatoms. The molecule has 1 heterocycles. The predicted octanol–water partition coefficient (Wildman–Crippen LogP) is 2.41. The van der Waals surface area contributed by atoms with Crippen LogP contribution in [0.1, 0.15) is 64.7 Å². The summed E-state index contributed by atoms with van der Waals surface area (Å²) in [5, 5.41) is 18.6. The summed E-state index contributed by atoms with van der Waals surface area (Å²) in [4.78, 5) is 24.1. The molecule has 2 N–H and O–H groups in total. The van der Waals surface area contributed by atoms with Crippen LogP contribution < -0.4 is 0 Å². The van der Waals surface area contributed by atoms with Crippen molar-refractivity contribution in [3.05, 3.63) is 12.2 Å². The first-order chi connectivity index (χ1) is 11.1. The largest absolute Gasteiger partial charge is 0.396 e. The van der Waals surface area contributed by atoms with Crippen molar-refractivity contribution >= 4 is 11.8 Å². The number of hydrogen-bond acceptors (Lipinski definition) is 4. The lowest BCUT2D eigenvalue weighted by Crippen LogP contribution is -2.30. The van der Waals surface area contributed by atoms with Crippen LogP contribution >= 0.6 is 0 Å². The van der Waals surface area contributed by atoms with Crippen LogP contribution in [0.2, 0.25) is 0 Å². The number of imide groups is 1. The highest BCUT2D eigenvalue weighted by molar-refractivity contribution is 6.12. The molecular formula is C18H31NO4. The first-order valence-corrected chi connectivity index (χ1v) is 8.84. The number of unbranched alkanes of at least 4 members (excludes halogenated alkanes) is 3. The normalized spacial score (nSPS) is 15.0. The molecule has 0 saturated heterocycles. The van der Waals surface area contributed by atoms with E-state index in [1.54, 1.807) is 0 Å². The molecule has 0 aliphatic carbocycles. The standard InChI is InChI=1S/C18H31NO4/c1-2-9-18(11-14-20,12-15-21)10-5-3-4-6-13-19-16(22)7-8-17(19)23/h7-8,20-21H,2-6,9-15H2,1H3. The van der Waals surface area contributed by atoms with E-state index in [-0.39, 0.29) is 30.4 Å². The van der Waals surface area contributed by atoms with Crippen LogP contribution in [-0.4, -0.2) is 46.7 Å². The van der Waals surface area contributed by atoms with Crippen molar-refractivity contribution in [1.82, 2.24) is 4.90 Å². The van der Waals surface area contributed by atoms with E-state index in [1.165, 1.54) is 17.1 Å². The SMILES string of the molecule is CCCC(CCO)(CCO)CCCCCCN1C(=O)C=CC1=O. The number of hydrogen-bond donors (Lipinski definition) is 2. The molecule has 0 aromatic carbocycles. The lowest BCUT2D eigenvalue weighted by Gasteiger charge is -2.33. The highest BCUT2D eigenvalue weighted by Gasteiger charge is 2.27. The Morgan fingerprint density at radius 1 is 0.870 bits per heavy atom. The topological polar surface area (TPSA) is 77.8 Å². The van der Waals surface area contributed by atoms with Crippen molar-refractivity contribution in [1.29, 1.82) is 0 Å². The van der Waals surface area contributed by atoms with E-state index < -0.39 is 0 Å². The molecule has 1 aliphatic heterocycles. The number of aliphatic hydroxyl groups is 2. The first-order valence-electron chi connectivity index (χ1n) is 8.84. The van der Waals surface area contributed by atoms with E-state index in [4.69, 9.17) is 0 Å². The molecule has 5 nitrogen and oxygen atoms in total. The molecular weight excluding hydrogens is 294 g/mol. The van der Waals surface area contributed by atoms with Crippen molar-refractivity contribution in [3.8, 4) is 0 Å². The van der Waals surface area contributed by atoms with E-state index in [0.29, 0.717) is 6.54 Å². The van der Waals surface area contributed by atoms with Crippen LogP contribution in [0.25, 0.3) is 0 Å². The van der Waals surface area contributed by atoms with Gasteiger partial charge in [-0.2, -0.15) is 0 Å². The number of aliphatic hydroxyl groups excluding tert-OH is 2. The zero-order valence-corrected chi connectivity index (χ0v) is 14.3. The molecule has 0 spiro atoms. The van der Waals surface area contributed by atoms with Crippen molar-refractivity contribution in [3.63, 3.8) is 0 Å². The lowest BCUT2D eigenvalue weighted by atomic mass is 9.73. The molecule has 1 aliphatic rings. The van der Waals surface area contributed by atoms with Crippen molar-refractivity contribution in [2.75, 3.05) is 19.8 Å². The van der Waals surface area contributed by atoms with E-state index in [1.807, 2.05) is 0 Å². The average molecular weight is 325 g/mol. The fraction of sp³-hybridized carbons (Fsp3) is 0.778. The molecule has 1 rings (SSSR count). The Bertz CT molecular complexity index is 371. The molecule has 2 amide bonds. The summed E-state index contributed by atoms with van der Waals surface area (Å²) >= 11 is 0. The molecule has 23 heavy (non-hydrogen) atoms. The van der Waals surface area contributed by atoms with Gasteiger partial charge in [0.1, 0.15) is 0 Å². The molecule has 0 bridgehead atoms. The zero-order chi connectivity index (χ0) is 17.1. The third-order valence-corrected chi connectivity index (χ3v) is 4.80. The van der Waals surface area contributed by atoms with Gasteiger partial charge >= 0.3 is 0 Å². The number of carbonyl (C=O) groups is 2. The highest BCUT2D eigenvalue weighted by Crippen LogP contribution is 2.37. The van der Waals surface area contributed by atoms with Crippen molar-refractivity contribution in [2.45, 2.75) is 64.7 Å². The van der Waals surface area contributed by atoms with Gasteiger partial charge in [-0.1, -0.05) is 32.6 Å². The molecule has 0 fully saturated rings. The molecule has 0 radical (unpaired) electrons. The molecule has 0 saturated carbocycles. The zero-order valence-electron chi connectivity index (χ0n) is 14.3. The minimum atomic E-state index is -0.206. The van der Waals surface area contributed by atoms with E-state index >= 15 is 0 Å². The summed E-state index contributed by atoms with van der Waals surface area (Å²) in [5.41, 5.74) is 0.0586. The Labute approximate surface area is 139 Å². The summed E-state index contributed by atoms with van der Waals surface area (Å²) in [6, 6.07) is 0. The molecule has 132 valence electrons. The second kappa shape index (κ2) is 10.6. The smallest absolute Gasteiger partial charge is 0.253 e. The Hall–Kier alpha value is -1.20. The van der Waals surface area contributed by atoms with Gasteiger partial charge in [0.2, 0.25) is 0 Å². The fourth-order valence-corrected chi connectivity index (χ4v) is 3.53. The van der Waals surface area contributed by atoms with Crippen LogP contribution in [0.4, 0.5) is 0 Å². The Kier molecular flexibility index (Phi) is 9.10. The van der Waals surface area contributed by atoms with Gasteiger partial charge in [-0.05, 0) is 37.5 Å². The van der Waals surface area contributed by atoms with Gasteiger partial charge in [0, 0.05) is 31.9 Å². The molecule has 0 atom stereocenters.